The van der Waals surface area contributed by atoms with Crippen molar-refractivity contribution in [2.45, 2.75) is 46.2 Å². The molecule has 4 nitrogen and oxygen atoms in total. The van der Waals surface area contributed by atoms with Crippen molar-refractivity contribution in [3.05, 3.63) is 11.5 Å². The van der Waals surface area contributed by atoms with E-state index in [1.54, 1.807) is 0 Å². The summed E-state index contributed by atoms with van der Waals surface area (Å²) in [4.78, 5) is 11.6. The highest BCUT2D eigenvalue weighted by Crippen LogP contribution is 2.14. The molecule has 16 heavy (non-hydrogen) atoms. The molecule has 0 fully saturated rings. The van der Waals surface area contributed by atoms with E-state index >= 15 is 0 Å². The number of rotatable bonds is 4. The first-order valence-electron chi connectivity index (χ1n) is 5.24. The Labute approximate surface area is 99.5 Å². The molecule has 94 valence electrons. The summed E-state index contributed by atoms with van der Waals surface area (Å²) in [6.07, 6.45) is 0. The van der Waals surface area contributed by atoms with Gasteiger partial charge in [-0.2, -0.15) is 0 Å². The molecule has 0 heterocycles. The lowest BCUT2D eigenvalue weighted by molar-refractivity contribution is -0.131. The second-order valence-corrected chi connectivity index (χ2v) is 14.5. The van der Waals surface area contributed by atoms with Crippen molar-refractivity contribution in [1.82, 2.24) is 0 Å². The average molecular weight is 262 g/mol. The van der Waals surface area contributed by atoms with Gasteiger partial charge in [0.1, 0.15) is 5.57 Å². The predicted molar refractivity (Wildman–Crippen MR) is 69.2 cm³/mol. The van der Waals surface area contributed by atoms with E-state index in [4.69, 9.17) is 8.85 Å². The third-order valence-electron chi connectivity index (χ3n) is 1.43. The van der Waals surface area contributed by atoms with Gasteiger partial charge >= 0.3 is 5.97 Å². The van der Waals surface area contributed by atoms with Crippen LogP contribution in [0.3, 0.4) is 0 Å². The second kappa shape index (κ2) is 5.05. The van der Waals surface area contributed by atoms with Crippen LogP contribution < -0.4 is 0 Å². The fourth-order valence-corrected chi connectivity index (χ4v) is 2.25. The number of aliphatic hydroxyl groups excluding tert-OH is 1. The molecular weight excluding hydrogens is 240 g/mol. The van der Waals surface area contributed by atoms with Crippen molar-refractivity contribution in [3.63, 3.8) is 0 Å². The van der Waals surface area contributed by atoms with Crippen molar-refractivity contribution in [2.24, 2.45) is 0 Å². The lowest BCUT2D eigenvalue weighted by atomic mass is 10.3. The Morgan fingerprint density at radius 1 is 0.938 bits per heavy atom. The maximum atomic E-state index is 11.6. The Bertz CT molecular complexity index is 297. The lowest BCUT2D eigenvalue weighted by Crippen LogP contribution is -2.31. The van der Waals surface area contributed by atoms with Gasteiger partial charge in [0.05, 0.1) is 0 Å². The molecule has 0 aliphatic heterocycles. The van der Waals surface area contributed by atoms with E-state index in [2.05, 4.69) is 0 Å². The van der Waals surface area contributed by atoms with E-state index in [0.717, 1.165) is 0 Å². The molecule has 6 heteroatoms. The molecular formula is C10H22O4Si2. The zero-order chi connectivity index (χ0) is 13.1. The van der Waals surface area contributed by atoms with E-state index in [1.807, 2.05) is 39.3 Å². The van der Waals surface area contributed by atoms with Gasteiger partial charge in [0, 0.05) is 0 Å². The summed E-state index contributed by atoms with van der Waals surface area (Å²) in [6, 6.07) is 0. The van der Waals surface area contributed by atoms with Crippen LogP contribution in [0.4, 0.5) is 0 Å². The fraction of sp³-hybridized carbons (Fsp3) is 0.700. The molecule has 0 atom stereocenters. The molecule has 0 aromatic rings. The Morgan fingerprint density at radius 3 is 1.62 bits per heavy atom. The number of hydrogen-bond donors (Lipinski definition) is 1. The maximum absolute atomic E-state index is 11.6. The van der Waals surface area contributed by atoms with Crippen LogP contribution in [0.5, 0.6) is 0 Å². The number of aliphatic hydroxyl groups is 1. The third-order valence-corrected chi connectivity index (χ3v) is 3.03. The number of hydrogen-bond acceptors (Lipinski definition) is 4. The van der Waals surface area contributed by atoms with E-state index in [-0.39, 0.29) is 11.5 Å². The first-order chi connectivity index (χ1) is 6.92. The quantitative estimate of drug-likeness (QED) is 0.481. The topological polar surface area (TPSA) is 55.8 Å². The van der Waals surface area contributed by atoms with Crippen molar-refractivity contribution < 1.29 is 18.8 Å². The zero-order valence-electron chi connectivity index (χ0n) is 11.2. The second-order valence-electron chi connectivity index (χ2n) is 5.65. The van der Waals surface area contributed by atoms with Gasteiger partial charge < -0.3 is 14.0 Å². The van der Waals surface area contributed by atoms with E-state index in [0.29, 0.717) is 0 Å². The lowest BCUT2D eigenvalue weighted by Gasteiger charge is -2.21. The first kappa shape index (κ1) is 15.2. The van der Waals surface area contributed by atoms with E-state index < -0.39 is 22.6 Å². The Morgan fingerprint density at radius 2 is 1.31 bits per heavy atom. The summed E-state index contributed by atoms with van der Waals surface area (Å²) in [7, 11) is -3.82. The van der Waals surface area contributed by atoms with Crippen LogP contribution >= 0.6 is 0 Å². The van der Waals surface area contributed by atoms with Crippen molar-refractivity contribution in [3.8, 4) is 0 Å². The SMILES string of the molecule is CC(C(=O)O[Si](C)(C)C)=C(O)O[Si](C)(C)C. The summed E-state index contributed by atoms with van der Waals surface area (Å²) in [5.41, 5.74) is 0.143. The van der Waals surface area contributed by atoms with Gasteiger partial charge in [0.25, 0.3) is 5.95 Å². The molecule has 0 rings (SSSR count). The summed E-state index contributed by atoms with van der Waals surface area (Å²) in [6.45, 7) is 13.0. The molecule has 0 saturated carbocycles. The summed E-state index contributed by atoms with van der Waals surface area (Å²) in [5, 5.41) is 9.63. The van der Waals surface area contributed by atoms with Gasteiger partial charge in [-0.3, -0.25) is 0 Å². The van der Waals surface area contributed by atoms with Crippen molar-refractivity contribution in [2.75, 3.05) is 0 Å². The Balaban J connectivity index is 4.70. The van der Waals surface area contributed by atoms with Gasteiger partial charge in [-0.25, -0.2) is 4.79 Å². The maximum Gasteiger partial charge on any atom is 0.327 e. The molecule has 0 aromatic heterocycles. The first-order valence-corrected chi connectivity index (χ1v) is 12.1. The molecule has 0 radical (unpaired) electrons. The molecule has 0 aliphatic rings. The van der Waals surface area contributed by atoms with Crippen molar-refractivity contribution >= 4 is 22.6 Å². The molecule has 0 bridgehead atoms. The molecule has 0 aromatic carbocycles. The molecule has 0 aliphatic carbocycles. The standard InChI is InChI=1S/C10H22O4Si2/c1-8(9(11)13-15(2,3)4)10(12)14-16(5,6)7/h11H,1-7H3. The van der Waals surface area contributed by atoms with E-state index in [9.17, 15) is 9.90 Å². The monoisotopic (exact) mass is 262 g/mol. The minimum Gasteiger partial charge on any atom is -0.519 e. The van der Waals surface area contributed by atoms with E-state index in [1.165, 1.54) is 6.92 Å². The van der Waals surface area contributed by atoms with Gasteiger partial charge in [0.2, 0.25) is 16.6 Å². The van der Waals surface area contributed by atoms with Crippen molar-refractivity contribution in [1.29, 1.82) is 0 Å². The summed E-state index contributed by atoms with van der Waals surface area (Å²) >= 11 is 0. The van der Waals surface area contributed by atoms with Gasteiger partial charge in [-0.1, -0.05) is 0 Å². The van der Waals surface area contributed by atoms with Gasteiger partial charge in [0.15, 0.2) is 0 Å². The van der Waals surface area contributed by atoms with Gasteiger partial charge in [-0.15, -0.1) is 0 Å². The molecule has 0 spiro atoms. The highest BCUT2D eigenvalue weighted by Gasteiger charge is 2.25. The predicted octanol–water partition coefficient (Wildman–Crippen LogP) is 3.01. The minimum atomic E-state index is -1.93. The zero-order valence-corrected chi connectivity index (χ0v) is 13.2. The summed E-state index contributed by atoms with van der Waals surface area (Å²) in [5.74, 6) is -0.794. The average Bonchev–Trinajstić information content (AvgIpc) is 1.96. The number of carbonyl (C=O) groups excluding carboxylic acids is 1. The van der Waals surface area contributed by atoms with Crippen LogP contribution in [0, 0.1) is 0 Å². The van der Waals surface area contributed by atoms with Gasteiger partial charge in [-0.05, 0) is 46.2 Å². The smallest absolute Gasteiger partial charge is 0.327 e. The Hall–Kier alpha value is -0.756. The highest BCUT2D eigenvalue weighted by molar-refractivity contribution is 6.71. The highest BCUT2D eigenvalue weighted by atomic mass is 28.4. The third kappa shape index (κ3) is 6.68. The fourth-order valence-electron chi connectivity index (χ4n) is 0.809. The van der Waals surface area contributed by atoms with Crippen LogP contribution in [0.1, 0.15) is 6.92 Å². The number of carbonyl (C=O) groups is 1. The largest absolute Gasteiger partial charge is 0.519 e. The van der Waals surface area contributed by atoms with Crippen LogP contribution in [-0.2, 0) is 13.6 Å². The van der Waals surface area contributed by atoms with Crippen LogP contribution in [0.15, 0.2) is 11.5 Å². The van der Waals surface area contributed by atoms with Crippen LogP contribution in [0.25, 0.3) is 0 Å². The minimum absolute atomic E-state index is 0.143. The Kier molecular flexibility index (Phi) is 4.81. The van der Waals surface area contributed by atoms with Crippen LogP contribution in [0.2, 0.25) is 39.3 Å². The molecule has 0 saturated heterocycles. The summed E-state index contributed by atoms with van der Waals surface area (Å²) < 4.78 is 10.6. The normalized spacial score (nSPS) is 14.2. The molecule has 0 unspecified atom stereocenters. The van der Waals surface area contributed by atoms with Crippen LogP contribution in [-0.4, -0.2) is 27.7 Å². The molecule has 0 amide bonds. The molecule has 1 N–H and O–H groups in total.